The van der Waals surface area contributed by atoms with Gasteiger partial charge in [-0.15, -0.1) is 13.2 Å². The summed E-state index contributed by atoms with van der Waals surface area (Å²) < 4.78 is 52.2. The van der Waals surface area contributed by atoms with Gasteiger partial charge in [-0.25, -0.2) is 0 Å². The molecule has 10 heteroatoms. The van der Waals surface area contributed by atoms with Crippen LogP contribution in [0.1, 0.15) is 12.0 Å². The molecule has 2 bridgehead atoms. The lowest BCUT2D eigenvalue weighted by Gasteiger charge is -2.31. The Morgan fingerprint density at radius 2 is 1.88 bits per heavy atom. The van der Waals surface area contributed by atoms with Crippen LogP contribution in [0.5, 0.6) is 11.5 Å². The van der Waals surface area contributed by atoms with Crippen LogP contribution in [0.2, 0.25) is 0 Å². The maximum absolute atomic E-state index is 13.6. The third kappa shape index (κ3) is 4.64. The average Bonchev–Trinajstić information content (AvgIpc) is 3.17. The molecule has 2 heterocycles. The molecule has 2 aliphatic heterocycles. The van der Waals surface area contributed by atoms with Crippen molar-refractivity contribution in [2.75, 3.05) is 25.2 Å². The number of hydrogen-bond acceptors (Lipinski definition) is 5. The van der Waals surface area contributed by atoms with E-state index in [4.69, 9.17) is 9.47 Å². The monoisotopic (exact) mass is 450 g/mol. The normalized spacial score (nSPS) is 20.3. The van der Waals surface area contributed by atoms with Crippen molar-refractivity contribution in [3.8, 4) is 11.5 Å². The van der Waals surface area contributed by atoms with Gasteiger partial charge in [0.15, 0.2) is 0 Å². The number of nitrogens with zero attached hydrogens (tertiary/aromatic N) is 2. The number of carbonyl (C=O) groups excluding carboxylic acids is 2. The van der Waals surface area contributed by atoms with Crippen molar-refractivity contribution in [2.24, 2.45) is 0 Å². The van der Waals surface area contributed by atoms with Crippen molar-refractivity contribution in [2.45, 2.75) is 31.5 Å². The first-order chi connectivity index (χ1) is 15.2. The summed E-state index contributed by atoms with van der Waals surface area (Å²) in [6, 6.07) is 11.6. The zero-order valence-electron chi connectivity index (χ0n) is 17.2. The number of benzene rings is 2. The lowest BCUT2D eigenvalue weighted by molar-refractivity contribution is -0.274. The van der Waals surface area contributed by atoms with Gasteiger partial charge in [-0.3, -0.25) is 9.59 Å². The van der Waals surface area contributed by atoms with Crippen LogP contribution < -0.4 is 14.4 Å². The minimum Gasteiger partial charge on any atom is -0.486 e. The maximum Gasteiger partial charge on any atom is 0.573 e. The first-order valence-electron chi connectivity index (χ1n) is 9.95. The number of alkyl halides is 3. The Morgan fingerprint density at radius 3 is 2.56 bits per heavy atom. The highest BCUT2D eigenvalue weighted by Gasteiger charge is 2.44. The Kier molecular flexibility index (Phi) is 5.96. The van der Waals surface area contributed by atoms with E-state index in [1.165, 1.54) is 41.2 Å². The molecule has 7 nitrogen and oxygen atoms in total. The predicted molar refractivity (Wildman–Crippen MR) is 107 cm³/mol. The van der Waals surface area contributed by atoms with Gasteiger partial charge in [0.2, 0.25) is 11.8 Å². The van der Waals surface area contributed by atoms with Crippen LogP contribution >= 0.6 is 0 Å². The summed E-state index contributed by atoms with van der Waals surface area (Å²) in [7, 11) is 1.41. The molecule has 2 unspecified atom stereocenters. The molecule has 4 rings (SSSR count). The van der Waals surface area contributed by atoms with Crippen LogP contribution in [-0.4, -0.2) is 55.5 Å². The van der Waals surface area contributed by atoms with Crippen LogP contribution in [0, 0.1) is 0 Å². The van der Waals surface area contributed by atoms with E-state index in [9.17, 15) is 22.8 Å². The molecule has 0 aliphatic carbocycles. The van der Waals surface area contributed by atoms with E-state index >= 15 is 0 Å². The van der Waals surface area contributed by atoms with Crippen LogP contribution in [0.3, 0.4) is 0 Å². The van der Waals surface area contributed by atoms with Crippen LogP contribution in [-0.2, 0) is 20.9 Å². The average molecular weight is 450 g/mol. The summed E-state index contributed by atoms with van der Waals surface area (Å²) in [5.41, 5.74) is 1.12. The van der Waals surface area contributed by atoms with Gasteiger partial charge in [0.05, 0.1) is 18.8 Å². The standard InChI is InChI=1S/C22H21F3N2O5/c1-30-13-20(28)26-12-16-10-18(26)21(29)27(17-4-2-3-5-19(17)31-16)11-14-6-8-15(9-7-14)32-22(23,24)25/h2-9,16,18H,10-13H2,1H3. The van der Waals surface area contributed by atoms with E-state index in [1.54, 1.807) is 24.3 Å². The van der Waals surface area contributed by atoms with E-state index in [-0.39, 0.29) is 43.4 Å². The fraction of sp³-hybridized carbons (Fsp3) is 0.364. The molecule has 0 N–H and O–H groups in total. The van der Waals surface area contributed by atoms with Crippen molar-refractivity contribution < 1.29 is 37.0 Å². The number of halogens is 3. The Morgan fingerprint density at radius 1 is 1.16 bits per heavy atom. The van der Waals surface area contributed by atoms with Gasteiger partial charge in [0, 0.05) is 13.5 Å². The van der Waals surface area contributed by atoms with Crippen LogP contribution in [0.15, 0.2) is 48.5 Å². The molecule has 1 saturated heterocycles. The maximum atomic E-state index is 13.6. The first-order valence-corrected chi connectivity index (χ1v) is 9.95. The second-order valence-electron chi connectivity index (χ2n) is 7.55. The van der Waals surface area contributed by atoms with Gasteiger partial charge in [0.1, 0.15) is 30.3 Å². The Hall–Kier alpha value is -3.27. The van der Waals surface area contributed by atoms with Gasteiger partial charge in [-0.1, -0.05) is 24.3 Å². The summed E-state index contributed by atoms with van der Waals surface area (Å²) in [4.78, 5) is 29.0. The lowest BCUT2D eigenvalue weighted by atomic mass is 10.1. The van der Waals surface area contributed by atoms with Crippen molar-refractivity contribution in [3.05, 3.63) is 54.1 Å². The molecule has 2 atom stereocenters. The topological polar surface area (TPSA) is 68.3 Å². The van der Waals surface area contributed by atoms with E-state index in [2.05, 4.69) is 4.74 Å². The molecule has 2 aromatic rings. The molecule has 170 valence electrons. The van der Waals surface area contributed by atoms with E-state index in [1.807, 2.05) is 0 Å². The number of rotatable bonds is 5. The molecular weight excluding hydrogens is 429 g/mol. The van der Waals surface area contributed by atoms with Gasteiger partial charge < -0.3 is 24.0 Å². The SMILES string of the molecule is COCC(=O)N1CC2CC1C(=O)N(Cc1ccc(OC(F)(F)F)cc1)c1ccccc1O2. The van der Waals surface area contributed by atoms with Crippen LogP contribution in [0.25, 0.3) is 0 Å². The van der Waals surface area contributed by atoms with Gasteiger partial charge >= 0.3 is 6.36 Å². The predicted octanol–water partition coefficient (Wildman–Crippen LogP) is 3.13. The number of carbonyl (C=O) groups is 2. The summed E-state index contributed by atoms with van der Waals surface area (Å²) >= 11 is 0. The number of ether oxygens (including phenoxy) is 3. The fourth-order valence-electron chi connectivity index (χ4n) is 4.00. The first kappa shape index (κ1) is 21.9. The smallest absolute Gasteiger partial charge is 0.486 e. The largest absolute Gasteiger partial charge is 0.573 e. The molecular formula is C22H21F3N2O5. The Labute approximate surface area is 182 Å². The molecule has 2 aromatic carbocycles. The second-order valence-corrected chi connectivity index (χ2v) is 7.55. The highest BCUT2D eigenvalue weighted by Crippen LogP contribution is 2.37. The highest BCUT2D eigenvalue weighted by atomic mass is 19.4. The second kappa shape index (κ2) is 8.70. The van der Waals surface area contributed by atoms with Crippen molar-refractivity contribution in [1.82, 2.24) is 4.90 Å². The quantitative estimate of drug-likeness (QED) is 0.700. The van der Waals surface area contributed by atoms with Gasteiger partial charge in [0.25, 0.3) is 0 Å². The molecule has 2 aliphatic rings. The van der Waals surface area contributed by atoms with E-state index in [0.717, 1.165) is 0 Å². The number of anilines is 1. The van der Waals surface area contributed by atoms with Crippen molar-refractivity contribution in [1.29, 1.82) is 0 Å². The molecule has 0 saturated carbocycles. The molecule has 0 radical (unpaired) electrons. The van der Waals surface area contributed by atoms with E-state index < -0.39 is 12.4 Å². The van der Waals surface area contributed by atoms with Crippen molar-refractivity contribution >= 4 is 17.5 Å². The third-order valence-electron chi connectivity index (χ3n) is 5.35. The third-order valence-corrected chi connectivity index (χ3v) is 5.35. The zero-order chi connectivity index (χ0) is 22.9. The number of amides is 2. The number of para-hydroxylation sites is 2. The highest BCUT2D eigenvalue weighted by molar-refractivity contribution is 6.01. The molecule has 1 fully saturated rings. The van der Waals surface area contributed by atoms with Crippen LogP contribution in [0.4, 0.5) is 18.9 Å². The fourth-order valence-corrected chi connectivity index (χ4v) is 4.00. The zero-order valence-corrected chi connectivity index (χ0v) is 17.2. The minimum atomic E-state index is -4.78. The van der Waals surface area contributed by atoms with E-state index in [0.29, 0.717) is 23.4 Å². The number of fused-ring (bicyclic) bond motifs is 3. The molecule has 0 spiro atoms. The number of likely N-dealkylation sites (tertiary alicyclic amines) is 1. The Balaban J connectivity index is 1.63. The summed E-state index contributed by atoms with van der Waals surface area (Å²) in [5, 5.41) is 0. The summed E-state index contributed by atoms with van der Waals surface area (Å²) in [5.74, 6) is -0.443. The van der Waals surface area contributed by atoms with Gasteiger partial charge in [-0.2, -0.15) is 0 Å². The summed E-state index contributed by atoms with van der Waals surface area (Å²) in [6.45, 7) is 0.202. The Bertz CT molecular complexity index is 996. The summed E-state index contributed by atoms with van der Waals surface area (Å²) in [6.07, 6.45) is -4.77. The molecule has 0 aromatic heterocycles. The molecule has 2 amide bonds. The van der Waals surface area contributed by atoms with Gasteiger partial charge in [-0.05, 0) is 29.8 Å². The lowest BCUT2D eigenvalue weighted by Crippen LogP contribution is -2.48. The van der Waals surface area contributed by atoms with Crippen molar-refractivity contribution in [3.63, 3.8) is 0 Å². The number of hydrogen-bond donors (Lipinski definition) is 0. The minimum absolute atomic E-state index is 0.0823. The number of methoxy groups -OCH3 is 1. The molecule has 32 heavy (non-hydrogen) atoms.